The molecule has 0 aromatic rings. The standard InChI is InChI=1S/C9H21N2.U/c1-9(2)11(5)8-6-7-10(3)4;/h6-8H2,1-5H3;/q-1;. The number of hydrogen-bond donors (Lipinski definition) is 0. The first-order chi connectivity index (χ1) is 5.04. The molecule has 0 saturated heterocycles. The predicted molar refractivity (Wildman–Crippen MR) is 50.4 cm³/mol. The van der Waals surface area contributed by atoms with Crippen LogP contribution in [0.2, 0.25) is 0 Å². The van der Waals surface area contributed by atoms with Crippen LogP contribution in [0, 0.1) is 37.2 Å². The van der Waals surface area contributed by atoms with Crippen LogP contribution in [0.4, 0.5) is 0 Å². The molecule has 0 aromatic heterocycles. The second-order valence-corrected chi connectivity index (χ2v) is 3.53. The fraction of sp³-hybridized carbons (Fsp3) is 0.889. The van der Waals surface area contributed by atoms with Gasteiger partial charge < -0.3 is 9.80 Å². The summed E-state index contributed by atoms with van der Waals surface area (Å²) in [6, 6.07) is 1.39. The molecule has 3 heteroatoms. The molecule has 0 bridgehead atoms. The Morgan fingerprint density at radius 1 is 1.00 bits per heavy atom. The largest absolute Gasteiger partial charge is 0.457 e. The molecule has 0 aliphatic heterocycles. The van der Waals surface area contributed by atoms with Crippen LogP contribution in [-0.4, -0.2) is 44.0 Å². The molecule has 0 aromatic carbocycles. The Bertz CT molecular complexity index is 94.5. The summed E-state index contributed by atoms with van der Waals surface area (Å²) in [7, 11) is 6.37. The minimum atomic E-state index is 0. The maximum Gasteiger partial charge on any atom is 0 e. The summed E-state index contributed by atoms with van der Waals surface area (Å²) in [5.41, 5.74) is 0. The van der Waals surface area contributed by atoms with E-state index in [1.54, 1.807) is 0 Å². The van der Waals surface area contributed by atoms with E-state index < -0.39 is 0 Å². The van der Waals surface area contributed by atoms with Gasteiger partial charge in [-0.15, -0.1) is 0 Å². The summed E-state index contributed by atoms with van der Waals surface area (Å²) in [4.78, 5) is 4.52. The van der Waals surface area contributed by atoms with E-state index in [0.717, 1.165) is 0 Å². The average Bonchev–Trinajstić information content (AvgIpc) is 1.86. The van der Waals surface area contributed by atoms with Gasteiger partial charge in [-0.25, -0.2) is 0 Å². The molecule has 0 atom stereocenters. The van der Waals surface area contributed by atoms with Crippen molar-refractivity contribution in [3.05, 3.63) is 6.04 Å². The Hall–Kier alpha value is 0.972. The van der Waals surface area contributed by atoms with Crippen molar-refractivity contribution >= 4 is 0 Å². The first-order valence-electron chi connectivity index (χ1n) is 4.20. The molecule has 0 N–H and O–H groups in total. The van der Waals surface area contributed by atoms with E-state index >= 15 is 0 Å². The second kappa shape index (κ2) is 8.56. The zero-order chi connectivity index (χ0) is 8.85. The van der Waals surface area contributed by atoms with Gasteiger partial charge in [-0.2, -0.15) is 13.8 Å². The fourth-order valence-electron chi connectivity index (χ4n) is 0.848. The average molecular weight is 395 g/mol. The first-order valence-corrected chi connectivity index (χ1v) is 4.20. The number of rotatable bonds is 5. The Balaban J connectivity index is 0. The number of hydrogen-bond acceptors (Lipinski definition) is 2. The van der Waals surface area contributed by atoms with Gasteiger partial charge in [-0.05, 0) is 40.7 Å². The van der Waals surface area contributed by atoms with Crippen LogP contribution in [0.3, 0.4) is 0 Å². The third kappa shape index (κ3) is 9.06. The quantitative estimate of drug-likeness (QED) is 0.651. The van der Waals surface area contributed by atoms with Crippen molar-refractivity contribution in [2.24, 2.45) is 0 Å². The van der Waals surface area contributed by atoms with Crippen LogP contribution in [0.1, 0.15) is 20.3 Å². The Morgan fingerprint density at radius 2 is 1.50 bits per heavy atom. The third-order valence-corrected chi connectivity index (χ3v) is 1.86. The molecule has 12 heavy (non-hydrogen) atoms. The smallest absolute Gasteiger partial charge is 0 e. The Labute approximate surface area is 101 Å². The van der Waals surface area contributed by atoms with Gasteiger partial charge >= 0.3 is 0 Å². The molecule has 0 aliphatic rings. The first kappa shape index (κ1) is 15.4. The van der Waals surface area contributed by atoms with Crippen LogP contribution < -0.4 is 0 Å². The van der Waals surface area contributed by atoms with E-state index in [0.29, 0.717) is 0 Å². The second-order valence-electron chi connectivity index (χ2n) is 3.53. The molecule has 0 heterocycles. The normalized spacial score (nSPS) is 11.0. The summed E-state index contributed by atoms with van der Waals surface area (Å²) < 4.78 is 0. The molecule has 2 nitrogen and oxygen atoms in total. The van der Waals surface area contributed by atoms with Gasteiger partial charge in [0.05, 0.1) is 0 Å². The Kier molecular flexibility index (Phi) is 11.0. The van der Waals surface area contributed by atoms with Crippen molar-refractivity contribution in [3.63, 3.8) is 0 Å². The van der Waals surface area contributed by atoms with E-state index in [4.69, 9.17) is 0 Å². The SMILES string of the molecule is C[C-](C)N(C)CCCN(C)C.[U]. The fourth-order valence-corrected chi connectivity index (χ4v) is 0.848. The summed E-state index contributed by atoms with van der Waals surface area (Å²) in [5, 5.41) is 0. The molecule has 0 unspecified atom stereocenters. The maximum absolute atomic E-state index is 2.30. The van der Waals surface area contributed by atoms with Crippen molar-refractivity contribution in [1.82, 2.24) is 9.80 Å². The van der Waals surface area contributed by atoms with Crippen LogP contribution in [-0.2, 0) is 0 Å². The summed E-state index contributed by atoms with van der Waals surface area (Å²) in [6.45, 7) is 6.64. The van der Waals surface area contributed by atoms with Crippen molar-refractivity contribution in [2.75, 3.05) is 34.2 Å². The van der Waals surface area contributed by atoms with Crippen molar-refractivity contribution in [3.8, 4) is 0 Å². The minimum absolute atomic E-state index is 0. The van der Waals surface area contributed by atoms with Gasteiger partial charge in [0.2, 0.25) is 0 Å². The molecular formula is C9H21N2U-. The van der Waals surface area contributed by atoms with Gasteiger partial charge in [0.25, 0.3) is 0 Å². The molecule has 0 fully saturated rings. The Morgan fingerprint density at radius 3 is 1.83 bits per heavy atom. The van der Waals surface area contributed by atoms with Gasteiger partial charge in [0.1, 0.15) is 0 Å². The van der Waals surface area contributed by atoms with Gasteiger partial charge in [-0.3, -0.25) is 6.04 Å². The summed E-state index contributed by atoms with van der Waals surface area (Å²) >= 11 is 0. The van der Waals surface area contributed by atoms with E-state index in [9.17, 15) is 0 Å². The third-order valence-electron chi connectivity index (χ3n) is 1.86. The predicted octanol–water partition coefficient (Wildman–Crippen LogP) is 1.44. The topological polar surface area (TPSA) is 6.48 Å². The zero-order valence-electron chi connectivity index (χ0n) is 9.02. The monoisotopic (exact) mass is 395 g/mol. The zero-order valence-corrected chi connectivity index (χ0v) is 13.2. The van der Waals surface area contributed by atoms with E-state index in [1.165, 1.54) is 25.6 Å². The van der Waals surface area contributed by atoms with Crippen LogP contribution in [0.5, 0.6) is 0 Å². The molecule has 0 aliphatic carbocycles. The van der Waals surface area contributed by atoms with Crippen molar-refractivity contribution in [2.45, 2.75) is 20.3 Å². The molecule has 0 amide bonds. The van der Waals surface area contributed by atoms with Gasteiger partial charge in [0, 0.05) is 31.1 Å². The van der Waals surface area contributed by atoms with Crippen LogP contribution >= 0.6 is 0 Å². The van der Waals surface area contributed by atoms with Gasteiger partial charge in [-0.1, -0.05) is 0 Å². The van der Waals surface area contributed by atoms with Crippen LogP contribution in [0.15, 0.2) is 0 Å². The number of nitrogens with zero attached hydrogens (tertiary/aromatic N) is 2. The van der Waals surface area contributed by atoms with Crippen LogP contribution in [0.25, 0.3) is 0 Å². The molecule has 0 rings (SSSR count). The van der Waals surface area contributed by atoms with E-state index in [2.05, 4.69) is 44.8 Å². The van der Waals surface area contributed by atoms with Crippen molar-refractivity contribution in [1.29, 1.82) is 0 Å². The molecule has 0 radical (unpaired) electrons. The summed E-state index contributed by atoms with van der Waals surface area (Å²) in [5.74, 6) is 0. The van der Waals surface area contributed by atoms with E-state index in [1.807, 2.05) is 0 Å². The minimum Gasteiger partial charge on any atom is -0.457 e. The van der Waals surface area contributed by atoms with Gasteiger partial charge in [0.15, 0.2) is 0 Å². The molecule has 0 saturated carbocycles. The van der Waals surface area contributed by atoms with Crippen molar-refractivity contribution < 1.29 is 31.1 Å². The van der Waals surface area contributed by atoms with E-state index in [-0.39, 0.29) is 31.1 Å². The summed E-state index contributed by atoms with van der Waals surface area (Å²) in [6.07, 6.45) is 1.24. The molecule has 72 valence electrons. The molecular weight excluding hydrogens is 374 g/mol. The maximum atomic E-state index is 2.30. The molecule has 0 spiro atoms.